The van der Waals surface area contributed by atoms with Crippen molar-refractivity contribution in [3.05, 3.63) is 0 Å². The average Bonchev–Trinajstić information content (AvgIpc) is 2.63. The molecule has 1 nitrogen and oxygen atoms in total. The molecule has 0 heterocycles. The Hall–Kier alpha value is -0.0400. The van der Waals surface area contributed by atoms with Crippen LogP contribution in [0, 0.1) is 17.8 Å². The Balaban J connectivity index is 2.32. The second-order valence-electron chi connectivity index (χ2n) is 5.01. The van der Waals surface area contributed by atoms with Crippen LogP contribution in [0.15, 0.2) is 0 Å². The molecule has 3 atom stereocenters. The van der Waals surface area contributed by atoms with Crippen LogP contribution in [0.4, 0.5) is 0 Å². The van der Waals surface area contributed by atoms with Crippen molar-refractivity contribution in [2.45, 2.75) is 52.4 Å². The van der Waals surface area contributed by atoms with E-state index in [2.05, 4.69) is 26.2 Å². The minimum Gasteiger partial charge on any atom is -0.320 e. The molecule has 0 saturated heterocycles. The Kier molecular flexibility index (Phi) is 5.54. The van der Waals surface area contributed by atoms with Crippen molar-refractivity contribution in [3.63, 3.8) is 0 Å². The third-order valence-corrected chi connectivity index (χ3v) is 3.96. The summed E-state index contributed by atoms with van der Waals surface area (Å²) in [4.78, 5) is 0. The van der Waals surface area contributed by atoms with E-state index in [-0.39, 0.29) is 0 Å². The molecule has 1 rings (SSSR count). The zero-order valence-electron chi connectivity index (χ0n) is 10.2. The number of rotatable bonds is 6. The van der Waals surface area contributed by atoms with Crippen molar-refractivity contribution >= 4 is 0 Å². The molecule has 2 unspecified atom stereocenters. The minimum atomic E-state index is 0.932. The third-order valence-electron chi connectivity index (χ3n) is 3.96. The van der Waals surface area contributed by atoms with Crippen molar-refractivity contribution in [2.75, 3.05) is 13.6 Å². The van der Waals surface area contributed by atoms with Gasteiger partial charge in [-0.3, -0.25) is 0 Å². The van der Waals surface area contributed by atoms with Crippen LogP contribution in [0.1, 0.15) is 52.4 Å². The Bertz CT molecular complexity index is 144. The van der Waals surface area contributed by atoms with Crippen LogP contribution in [0.2, 0.25) is 0 Å². The minimum absolute atomic E-state index is 0.932. The maximum atomic E-state index is 3.27. The van der Waals surface area contributed by atoms with Crippen LogP contribution in [-0.2, 0) is 0 Å². The number of hydrogen-bond acceptors (Lipinski definition) is 1. The van der Waals surface area contributed by atoms with E-state index in [4.69, 9.17) is 0 Å². The second-order valence-corrected chi connectivity index (χ2v) is 5.01. The molecule has 1 aliphatic carbocycles. The summed E-state index contributed by atoms with van der Waals surface area (Å²) in [6.07, 6.45) is 8.69. The van der Waals surface area contributed by atoms with Crippen molar-refractivity contribution in [2.24, 2.45) is 17.8 Å². The topological polar surface area (TPSA) is 12.0 Å². The first-order valence-electron chi connectivity index (χ1n) is 6.44. The fourth-order valence-corrected chi connectivity index (χ4v) is 3.13. The monoisotopic (exact) mass is 197 g/mol. The van der Waals surface area contributed by atoms with Gasteiger partial charge in [0.2, 0.25) is 0 Å². The summed E-state index contributed by atoms with van der Waals surface area (Å²) in [6.45, 7) is 5.97. The molecule has 1 saturated carbocycles. The Labute approximate surface area is 89.7 Å². The summed E-state index contributed by atoms with van der Waals surface area (Å²) in [7, 11) is 2.06. The van der Waals surface area contributed by atoms with Gasteiger partial charge in [-0.2, -0.15) is 0 Å². The predicted molar refractivity (Wildman–Crippen MR) is 63.4 cm³/mol. The fraction of sp³-hybridized carbons (Fsp3) is 1.00. The quantitative estimate of drug-likeness (QED) is 0.687. The van der Waals surface area contributed by atoms with E-state index in [9.17, 15) is 0 Å². The van der Waals surface area contributed by atoms with E-state index in [1.165, 1.54) is 45.1 Å². The lowest BCUT2D eigenvalue weighted by molar-refractivity contribution is 0.252. The SMILES string of the molecule is CCC[C@@H]1CCCC1C(C)CCNC. The van der Waals surface area contributed by atoms with Gasteiger partial charge in [-0.05, 0) is 44.2 Å². The average molecular weight is 197 g/mol. The van der Waals surface area contributed by atoms with Gasteiger partial charge in [0.05, 0.1) is 0 Å². The first-order valence-corrected chi connectivity index (χ1v) is 6.44. The summed E-state index contributed by atoms with van der Waals surface area (Å²) in [5, 5.41) is 3.27. The van der Waals surface area contributed by atoms with E-state index >= 15 is 0 Å². The molecule has 0 radical (unpaired) electrons. The molecule has 0 spiro atoms. The molecule has 1 N–H and O–H groups in total. The van der Waals surface area contributed by atoms with E-state index in [0.717, 1.165) is 17.8 Å². The van der Waals surface area contributed by atoms with Gasteiger partial charge in [0.25, 0.3) is 0 Å². The van der Waals surface area contributed by atoms with E-state index in [0.29, 0.717) is 0 Å². The molecule has 0 aromatic carbocycles. The molecule has 84 valence electrons. The van der Waals surface area contributed by atoms with Gasteiger partial charge in [0, 0.05) is 0 Å². The molecular weight excluding hydrogens is 170 g/mol. The zero-order chi connectivity index (χ0) is 10.4. The zero-order valence-corrected chi connectivity index (χ0v) is 10.2. The van der Waals surface area contributed by atoms with Crippen LogP contribution in [0.25, 0.3) is 0 Å². The first-order chi connectivity index (χ1) is 6.79. The van der Waals surface area contributed by atoms with Gasteiger partial charge in [-0.15, -0.1) is 0 Å². The smallest absolute Gasteiger partial charge is 0.00493 e. The van der Waals surface area contributed by atoms with Crippen LogP contribution < -0.4 is 5.32 Å². The predicted octanol–water partition coefficient (Wildman–Crippen LogP) is 3.45. The van der Waals surface area contributed by atoms with Gasteiger partial charge in [-0.25, -0.2) is 0 Å². The van der Waals surface area contributed by atoms with Crippen LogP contribution in [0.3, 0.4) is 0 Å². The molecule has 0 aromatic rings. The summed E-state index contributed by atoms with van der Waals surface area (Å²) in [6, 6.07) is 0. The Morgan fingerprint density at radius 2 is 2.14 bits per heavy atom. The van der Waals surface area contributed by atoms with Crippen molar-refractivity contribution < 1.29 is 0 Å². The molecule has 0 bridgehead atoms. The molecule has 1 fully saturated rings. The summed E-state index contributed by atoms with van der Waals surface area (Å²) < 4.78 is 0. The normalized spacial score (nSPS) is 29.4. The van der Waals surface area contributed by atoms with Crippen molar-refractivity contribution in [3.8, 4) is 0 Å². The lowest BCUT2D eigenvalue weighted by Crippen LogP contribution is -2.20. The highest BCUT2D eigenvalue weighted by Crippen LogP contribution is 2.40. The molecule has 0 aromatic heterocycles. The number of hydrogen-bond donors (Lipinski definition) is 1. The largest absolute Gasteiger partial charge is 0.320 e. The lowest BCUT2D eigenvalue weighted by Gasteiger charge is -2.25. The highest BCUT2D eigenvalue weighted by atomic mass is 14.8. The molecule has 1 aliphatic rings. The Morgan fingerprint density at radius 3 is 2.79 bits per heavy atom. The maximum absolute atomic E-state index is 3.27. The number of nitrogens with one attached hydrogen (secondary N) is 1. The van der Waals surface area contributed by atoms with Crippen LogP contribution in [0.5, 0.6) is 0 Å². The summed E-state index contributed by atoms with van der Waals surface area (Å²) >= 11 is 0. The van der Waals surface area contributed by atoms with E-state index < -0.39 is 0 Å². The summed E-state index contributed by atoms with van der Waals surface area (Å²) in [5.41, 5.74) is 0. The molecule has 0 amide bonds. The summed E-state index contributed by atoms with van der Waals surface area (Å²) in [5.74, 6) is 3.01. The second kappa shape index (κ2) is 6.44. The molecule has 1 heteroatoms. The van der Waals surface area contributed by atoms with Gasteiger partial charge in [-0.1, -0.05) is 39.5 Å². The maximum Gasteiger partial charge on any atom is -0.00493 e. The van der Waals surface area contributed by atoms with Gasteiger partial charge < -0.3 is 5.32 Å². The fourth-order valence-electron chi connectivity index (χ4n) is 3.13. The van der Waals surface area contributed by atoms with Crippen LogP contribution in [-0.4, -0.2) is 13.6 Å². The van der Waals surface area contributed by atoms with Gasteiger partial charge in [0.15, 0.2) is 0 Å². The van der Waals surface area contributed by atoms with Gasteiger partial charge in [0.1, 0.15) is 0 Å². The van der Waals surface area contributed by atoms with E-state index in [1.54, 1.807) is 0 Å². The van der Waals surface area contributed by atoms with Crippen molar-refractivity contribution in [1.82, 2.24) is 5.32 Å². The van der Waals surface area contributed by atoms with E-state index in [1.807, 2.05) is 0 Å². The van der Waals surface area contributed by atoms with Crippen molar-refractivity contribution in [1.29, 1.82) is 0 Å². The Morgan fingerprint density at radius 1 is 1.36 bits per heavy atom. The molecule has 14 heavy (non-hydrogen) atoms. The lowest BCUT2D eigenvalue weighted by atomic mass is 9.81. The van der Waals surface area contributed by atoms with Gasteiger partial charge >= 0.3 is 0 Å². The highest BCUT2D eigenvalue weighted by Gasteiger charge is 2.30. The van der Waals surface area contributed by atoms with Crippen LogP contribution >= 0.6 is 0 Å². The molecule has 0 aliphatic heterocycles. The standard InChI is InChI=1S/C13H27N/c1-4-6-12-7-5-8-13(12)11(2)9-10-14-3/h11-14H,4-10H2,1-3H3/t11?,12-,13?/m1/s1. The highest BCUT2D eigenvalue weighted by molar-refractivity contribution is 4.81. The molecular formula is C13H27N. The first kappa shape index (κ1) is 12.0. The third kappa shape index (κ3) is 3.27.